The van der Waals surface area contributed by atoms with Crippen LogP contribution in [0.25, 0.3) is 11.3 Å². The van der Waals surface area contributed by atoms with Crippen molar-refractivity contribution in [1.82, 2.24) is 5.16 Å². The molecule has 0 saturated heterocycles. The van der Waals surface area contributed by atoms with E-state index in [9.17, 15) is 4.79 Å². The van der Waals surface area contributed by atoms with Crippen molar-refractivity contribution in [1.29, 1.82) is 0 Å². The van der Waals surface area contributed by atoms with Crippen LogP contribution >= 0.6 is 0 Å². The summed E-state index contributed by atoms with van der Waals surface area (Å²) in [5.74, 6) is 0. The number of anilines is 1. The van der Waals surface area contributed by atoms with Crippen LogP contribution in [0, 0.1) is 0 Å². The van der Waals surface area contributed by atoms with Gasteiger partial charge in [-0.05, 0) is 0 Å². The molecular weight excluding hydrogens is 194 g/mol. The first kappa shape index (κ1) is 9.26. The third-order valence-corrected chi connectivity index (χ3v) is 1.87. The Labute approximate surface area is 85.9 Å². The standard InChI is InChI=1S/C10H9N3O2/c11-10(14)12-8-6-15-13-9(8)7-4-2-1-3-5-7/h1-6H,(H3,11,12,14). The zero-order valence-corrected chi connectivity index (χ0v) is 7.81. The third kappa shape index (κ3) is 1.96. The van der Waals surface area contributed by atoms with Gasteiger partial charge in [-0.2, -0.15) is 0 Å². The highest BCUT2D eigenvalue weighted by Gasteiger charge is 2.10. The summed E-state index contributed by atoms with van der Waals surface area (Å²) in [6.07, 6.45) is 1.34. The van der Waals surface area contributed by atoms with Crippen molar-refractivity contribution < 1.29 is 9.32 Å². The molecule has 1 heterocycles. The average Bonchev–Trinajstić information content (AvgIpc) is 2.66. The van der Waals surface area contributed by atoms with Gasteiger partial charge in [0.1, 0.15) is 17.6 Å². The van der Waals surface area contributed by atoms with Gasteiger partial charge in [0.2, 0.25) is 0 Å². The Hall–Kier alpha value is -2.30. The SMILES string of the molecule is NC(=O)Nc1conc1-c1ccccc1. The molecule has 5 nitrogen and oxygen atoms in total. The largest absolute Gasteiger partial charge is 0.362 e. The second-order valence-corrected chi connectivity index (χ2v) is 2.93. The van der Waals surface area contributed by atoms with Gasteiger partial charge < -0.3 is 15.6 Å². The highest BCUT2D eigenvalue weighted by Crippen LogP contribution is 2.25. The molecule has 0 saturated carbocycles. The first-order valence-corrected chi connectivity index (χ1v) is 4.33. The molecule has 0 unspecified atom stereocenters. The van der Waals surface area contributed by atoms with Gasteiger partial charge in [-0.25, -0.2) is 4.79 Å². The molecule has 15 heavy (non-hydrogen) atoms. The molecule has 76 valence electrons. The van der Waals surface area contributed by atoms with E-state index in [1.807, 2.05) is 30.3 Å². The molecule has 0 aliphatic carbocycles. The minimum atomic E-state index is -0.643. The van der Waals surface area contributed by atoms with E-state index < -0.39 is 6.03 Å². The zero-order chi connectivity index (χ0) is 10.7. The van der Waals surface area contributed by atoms with E-state index in [-0.39, 0.29) is 0 Å². The zero-order valence-electron chi connectivity index (χ0n) is 7.81. The number of nitrogens with zero attached hydrogens (tertiary/aromatic N) is 1. The molecule has 0 radical (unpaired) electrons. The maximum Gasteiger partial charge on any atom is 0.316 e. The molecule has 2 amide bonds. The van der Waals surface area contributed by atoms with E-state index in [2.05, 4.69) is 10.5 Å². The first-order valence-electron chi connectivity index (χ1n) is 4.33. The lowest BCUT2D eigenvalue weighted by Gasteiger charge is -2.00. The number of hydrogen-bond acceptors (Lipinski definition) is 3. The van der Waals surface area contributed by atoms with Crippen molar-refractivity contribution in [3.05, 3.63) is 36.6 Å². The minimum Gasteiger partial charge on any atom is -0.362 e. The van der Waals surface area contributed by atoms with E-state index in [1.54, 1.807) is 0 Å². The molecule has 0 fully saturated rings. The summed E-state index contributed by atoms with van der Waals surface area (Å²) >= 11 is 0. The summed E-state index contributed by atoms with van der Waals surface area (Å²) in [5.41, 5.74) is 6.90. The fraction of sp³-hybridized carbons (Fsp3) is 0. The number of hydrogen-bond donors (Lipinski definition) is 2. The number of aromatic nitrogens is 1. The number of amides is 2. The molecule has 0 bridgehead atoms. The summed E-state index contributed by atoms with van der Waals surface area (Å²) in [7, 11) is 0. The highest BCUT2D eigenvalue weighted by atomic mass is 16.5. The van der Waals surface area contributed by atoms with Crippen LogP contribution in [0.5, 0.6) is 0 Å². The van der Waals surface area contributed by atoms with Crippen LogP contribution in [0.3, 0.4) is 0 Å². The maximum absolute atomic E-state index is 10.7. The molecule has 0 aliphatic rings. The number of benzene rings is 1. The fourth-order valence-corrected chi connectivity index (χ4v) is 1.26. The fourth-order valence-electron chi connectivity index (χ4n) is 1.26. The summed E-state index contributed by atoms with van der Waals surface area (Å²) in [5, 5.41) is 6.23. The lowest BCUT2D eigenvalue weighted by atomic mass is 10.1. The van der Waals surface area contributed by atoms with Crippen LogP contribution in [-0.2, 0) is 0 Å². The highest BCUT2D eigenvalue weighted by molar-refractivity contribution is 5.91. The van der Waals surface area contributed by atoms with Crippen molar-refractivity contribution in [2.24, 2.45) is 5.73 Å². The molecule has 1 aromatic carbocycles. The molecule has 2 rings (SSSR count). The number of primary amides is 1. The molecule has 1 aromatic heterocycles. The van der Waals surface area contributed by atoms with Gasteiger partial charge in [-0.3, -0.25) is 0 Å². The number of nitrogens with two attached hydrogens (primary N) is 1. The van der Waals surface area contributed by atoms with Gasteiger partial charge in [0.25, 0.3) is 0 Å². The number of rotatable bonds is 2. The van der Waals surface area contributed by atoms with Crippen molar-refractivity contribution in [2.45, 2.75) is 0 Å². The quantitative estimate of drug-likeness (QED) is 0.781. The van der Waals surface area contributed by atoms with E-state index in [1.165, 1.54) is 6.26 Å². The topological polar surface area (TPSA) is 81.2 Å². The number of urea groups is 1. The monoisotopic (exact) mass is 203 g/mol. The van der Waals surface area contributed by atoms with Gasteiger partial charge in [0.05, 0.1) is 0 Å². The molecule has 0 aliphatic heterocycles. The molecule has 0 atom stereocenters. The van der Waals surface area contributed by atoms with E-state index in [0.29, 0.717) is 11.4 Å². The summed E-state index contributed by atoms with van der Waals surface area (Å²) in [4.78, 5) is 10.7. The minimum absolute atomic E-state index is 0.466. The van der Waals surface area contributed by atoms with Gasteiger partial charge in [0, 0.05) is 5.56 Å². The number of nitrogens with one attached hydrogen (secondary N) is 1. The Bertz CT molecular complexity index is 465. The van der Waals surface area contributed by atoms with Crippen LogP contribution in [0.1, 0.15) is 0 Å². The van der Waals surface area contributed by atoms with Crippen molar-refractivity contribution >= 4 is 11.7 Å². The van der Waals surface area contributed by atoms with Crippen LogP contribution in [0.2, 0.25) is 0 Å². The number of carbonyl (C=O) groups excluding carboxylic acids is 1. The number of carbonyl (C=O) groups is 1. The Morgan fingerprint density at radius 2 is 2.07 bits per heavy atom. The lowest BCUT2D eigenvalue weighted by Crippen LogP contribution is -2.19. The summed E-state index contributed by atoms with van der Waals surface area (Å²) in [6, 6.07) is 8.73. The Morgan fingerprint density at radius 1 is 1.33 bits per heavy atom. The molecule has 3 N–H and O–H groups in total. The lowest BCUT2D eigenvalue weighted by molar-refractivity contribution is 0.259. The summed E-state index contributed by atoms with van der Waals surface area (Å²) in [6.45, 7) is 0. The third-order valence-electron chi connectivity index (χ3n) is 1.87. The Balaban J connectivity index is 2.37. The molecule has 0 spiro atoms. The van der Waals surface area contributed by atoms with Gasteiger partial charge in [-0.15, -0.1) is 0 Å². The Morgan fingerprint density at radius 3 is 2.73 bits per heavy atom. The van der Waals surface area contributed by atoms with E-state index in [4.69, 9.17) is 10.3 Å². The van der Waals surface area contributed by atoms with Crippen molar-refractivity contribution in [2.75, 3.05) is 5.32 Å². The second kappa shape index (κ2) is 3.83. The second-order valence-electron chi connectivity index (χ2n) is 2.93. The van der Waals surface area contributed by atoms with Crippen LogP contribution in [-0.4, -0.2) is 11.2 Å². The maximum atomic E-state index is 10.7. The predicted molar refractivity (Wildman–Crippen MR) is 55.1 cm³/mol. The average molecular weight is 203 g/mol. The Kier molecular flexibility index (Phi) is 2.37. The van der Waals surface area contributed by atoms with Gasteiger partial charge in [0.15, 0.2) is 0 Å². The molecular formula is C10H9N3O2. The van der Waals surface area contributed by atoms with E-state index >= 15 is 0 Å². The van der Waals surface area contributed by atoms with Gasteiger partial charge in [-0.1, -0.05) is 35.5 Å². The summed E-state index contributed by atoms with van der Waals surface area (Å²) < 4.78 is 4.78. The van der Waals surface area contributed by atoms with Crippen molar-refractivity contribution in [3.63, 3.8) is 0 Å². The van der Waals surface area contributed by atoms with Crippen molar-refractivity contribution in [3.8, 4) is 11.3 Å². The van der Waals surface area contributed by atoms with Gasteiger partial charge >= 0.3 is 6.03 Å². The van der Waals surface area contributed by atoms with Crippen LogP contribution in [0.15, 0.2) is 41.1 Å². The van der Waals surface area contributed by atoms with Crippen LogP contribution in [0.4, 0.5) is 10.5 Å². The smallest absolute Gasteiger partial charge is 0.316 e. The molecule has 5 heteroatoms. The predicted octanol–water partition coefficient (Wildman–Crippen LogP) is 1.83. The van der Waals surface area contributed by atoms with Crippen LogP contribution < -0.4 is 11.1 Å². The van der Waals surface area contributed by atoms with E-state index in [0.717, 1.165) is 5.56 Å². The normalized spacial score (nSPS) is 9.87. The molecule has 2 aromatic rings. The first-order chi connectivity index (χ1) is 7.27.